The van der Waals surface area contributed by atoms with Crippen LogP contribution in [0.4, 0.5) is 5.69 Å². The van der Waals surface area contributed by atoms with Gasteiger partial charge < -0.3 is 15.4 Å². The first-order chi connectivity index (χ1) is 14.2. The minimum atomic E-state index is -0.321. The Morgan fingerprint density at radius 1 is 0.793 bits per heavy atom. The normalized spacial score (nSPS) is 10.2. The number of ether oxygens (including phenoxy) is 1. The van der Waals surface area contributed by atoms with Crippen LogP contribution in [0.15, 0.2) is 78.9 Å². The molecule has 0 radical (unpaired) electrons. The van der Waals surface area contributed by atoms with Gasteiger partial charge in [0.05, 0.1) is 23.4 Å². The van der Waals surface area contributed by atoms with Gasteiger partial charge in [0.25, 0.3) is 11.8 Å². The Morgan fingerprint density at radius 3 is 2.21 bits per heavy atom. The summed E-state index contributed by atoms with van der Waals surface area (Å²) in [6.45, 7) is 2.84. The molecule has 0 spiro atoms. The molecule has 0 bridgehead atoms. The number of carbonyl (C=O) groups excluding carboxylic acids is 2. The average Bonchev–Trinajstić information content (AvgIpc) is 2.75. The van der Waals surface area contributed by atoms with E-state index in [4.69, 9.17) is 4.74 Å². The number of carbonyl (C=O) groups is 2. The van der Waals surface area contributed by atoms with E-state index < -0.39 is 0 Å². The quantitative estimate of drug-likeness (QED) is 0.604. The van der Waals surface area contributed by atoms with Crippen LogP contribution >= 0.6 is 0 Å². The van der Waals surface area contributed by atoms with Gasteiger partial charge in [-0.25, -0.2) is 0 Å². The summed E-state index contributed by atoms with van der Waals surface area (Å²) in [7, 11) is 0. The van der Waals surface area contributed by atoms with Gasteiger partial charge >= 0.3 is 0 Å². The van der Waals surface area contributed by atoms with E-state index in [0.717, 1.165) is 12.0 Å². The first-order valence-electron chi connectivity index (χ1n) is 9.63. The van der Waals surface area contributed by atoms with Gasteiger partial charge in [-0.05, 0) is 43.2 Å². The molecule has 0 fully saturated rings. The van der Waals surface area contributed by atoms with Crippen LogP contribution in [-0.2, 0) is 6.42 Å². The molecule has 0 aliphatic carbocycles. The number of hydrogen-bond donors (Lipinski definition) is 2. The molecule has 0 heterocycles. The summed E-state index contributed by atoms with van der Waals surface area (Å²) in [5.41, 5.74) is 2.46. The van der Waals surface area contributed by atoms with E-state index in [-0.39, 0.29) is 11.8 Å². The molecular weight excluding hydrogens is 364 g/mol. The highest BCUT2D eigenvalue weighted by Gasteiger charge is 2.16. The van der Waals surface area contributed by atoms with Crippen molar-refractivity contribution >= 4 is 17.5 Å². The summed E-state index contributed by atoms with van der Waals surface area (Å²) in [6.07, 6.45) is 0.739. The fraction of sp³-hybridized carbons (Fsp3) is 0.167. The number of amides is 2. The number of anilines is 1. The van der Waals surface area contributed by atoms with Crippen molar-refractivity contribution in [1.82, 2.24) is 5.32 Å². The van der Waals surface area contributed by atoms with Crippen molar-refractivity contribution in [3.8, 4) is 5.75 Å². The Kier molecular flexibility index (Phi) is 7.00. The van der Waals surface area contributed by atoms with E-state index in [0.29, 0.717) is 35.7 Å². The second kappa shape index (κ2) is 10.1. The Bertz CT molecular complexity index is 971. The molecule has 2 amide bonds. The Morgan fingerprint density at radius 2 is 1.45 bits per heavy atom. The molecule has 5 heteroatoms. The standard InChI is InChI=1S/C24H24N2O3/c1-2-29-22-15-9-7-13-20(22)24(28)26-21-14-8-6-12-19(21)23(27)25-17-16-18-10-4-3-5-11-18/h3-15H,2,16-17H2,1H3,(H,25,27)(H,26,28). The summed E-state index contributed by atoms with van der Waals surface area (Å²) in [5.74, 6) is -0.0363. The summed E-state index contributed by atoms with van der Waals surface area (Å²) < 4.78 is 5.53. The smallest absolute Gasteiger partial charge is 0.259 e. The molecule has 0 saturated carbocycles. The van der Waals surface area contributed by atoms with Gasteiger partial charge in [-0.1, -0.05) is 54.6 Å². The third kappa shape index (κ3) is 5.45. The third-order valence-corrected chi connectivity index (χ3v) is 4.39. The maximum atomic E-state index is 12.8. The largest absolute Gasteiger partial charge is 0.493 e. The fourth-order valence-electron chi connectivity index (χ4n) is 2.98. The monoisotopic (exact) mass is 388 g/mol. The van der Waals surface area contributed by atoms with Crippen molar-refractivity contribution in [1.29, 1.82) is 0 Å². The van der Waals surface area contributed by atoms with Gasteiger partial charge in [-0.2, -0.15) is 0 Å². The Labute approximate surface area is 170 Å². The molecule has 3 aromatic rings. The van der Waals surface area contributed by atoms with Crippen molar-refractivity contribution in [2.24, 2.45) is 0 Å². The summed E-state index contributed by atoms with van der Waals surface area (Å²) in [6, 6.07) is 24.0. The maximum absolute atomic E-state index is 12.8. The Balaban J connectivity index is 1.68. The molecule has 0 saturated heterocycles. The van der Waals surface area contributed by atoms with Gasteiger partial charge in [0, 0.05) is 6.54 Å². The first-order valence-corrected chi connectivity index (χ1v) is 9.63. The van der Waals surface area contributed by atoms with Crippen molar-refractivity contribution in [2.75, 3.05) is 18.5 Å². The first kappa shape index (κ1) is 20.1. The number of rotatable bonds is 8. The predicted molar refractivity (Wildman–Crippen MR) is 114 cm³/mol. The zero-order valence-electron chi connectivity index (χ0n) is 16.4. The minimum Gasteiger partial charge on any atom is -0.493 e. The molecule has 0 unspecified atom stereocenters. The molecule has 0 atom stereocenters. The van der Waals surface area contributed by atoms with Crippen LogP contribution in [0.5, 0.6) is 5.75 Å². The van der Waals surface area contributed by atoms with Crippen LogP contribution in [0.25, 0.3) is 0 Å². The lowest BCUT2D eigenvalue weighted by Gasteiger charge is -2.13. The average molecular weight is 388 g/mol. The molecule has 3 rings (SSSR count). The second-order valence-electron chi connectivity index (χ2n) is 6.42. The van der Waals surface area contributed by atoms with Crippen LogP contribution in [0.3, 0.4) is 0 Å². The molecule has 0 aliphatic heterocycles. The van der Waals surface area contributed by atoms with E-state index in [1.54, 1.807) is 42.5 Å². The zero-order chi connectivity index (χ0) is 20.5. The lowest BCUT2D eigenvalue weighted by atomic mass is 10.1. The van der Waals surface area contributed by atoms with E-state index >= 15 is 0 Å². The predicted octanol–water partition coefficient (Wildman–Crippen LogP) is 4.31. The van der Waals surface area contributed by atoms with Crippen molar-refractivity contribution < 1.29 is 14.3 Å². The van der Waals surface area contributed by atoms with Crippen LogP contribution in [-0.4, -0.2) is 25.0 Å². The highest BCUT2D eigenvalue weighted by Crippen LogP contribution is 2.21. The van der Waals surface area contributed by atoms with Gasteiger partial charge in [-0.15, -0.1) is 0 Å². The molecule has 29 heavy (non-hydrogen) atoms. The van der Waals surface area contributed by atoms with Gasteiger partial charge in [0.2, 0.25) is 0 Å². The topological polar surface area (TPSA) is 67.4 Å². The van der Waals surface area contributed by atoms with Crippen molar-refractivity contribution in [3.05, 3.63) is 95.6 Å². The summed E-state index contributed by atoms with van der Waals surface area (Å²) in [5, 5.41) is 5.75. The zero-order valence-corrected chi connectivity index (χ0v) is 16.4. The molecule has 0 aliphatic rings. The van der Waals surface area contributed by atoms with Gasteiger partial charge in [0.1, 0.15) is 5.75 Å². The van der Waals surface area contributed by atoms with Crippen LogP contribution in [0.1, 0.15) is 33.2 Å². The molecule has 2 N–H and O–H groups in total. The highest BCUT2D eigenvalue weighted by molar-refractivity contribution is 6.10. The number of benzene rings is 3. The van der Waals surface area contributed by atoms with Gasteiger partial charge in [0.15, 0.2) is 0 Å². The molecule has 5 nitrogen and oxygen atoms in total. The molecular formula is C24H24N2O3. The molecule has 3 aromatic carbocycles. The summed E-state index contributed by atoms with van der Waals surface area (Å²) in [4.78, 5) is 25.4. The van der Waals surface area contributed by atoms with Crippen LogP contribution in [0.2, 0.25) is 0 Å². The lowest BCUT2D eigenvalue weighted by Crippen LogP contribution is -2.27. The van der Waals surface area contributed by atoms with Crippen molar-refractivity contribution in [3.63, 3.8) is 0 Å². The lowest BCUT2D eigenvalue weighted by molar-refractivity contribution is 0.0955. The van der Waals surface area contributed by atoms with E-state index in [1.807, 2.05) is 43.3 Å². The highest BCUT2D eigenvalue weighted by atomic mass is 16.5. The van der Waals surface area contributed by atoms with Gasteiger partial charge in [-0.3, -0.25) is 9.59 Å². The Hall–Kier alpha value is -3.60. The number of para-hydroxylation sites is 2. The van der Waals surface area contributed by atoms with E-state index in [2.05, 4.69) is 10.6 Å². The minimum absolute atomic E-state index is 0.227. The van der Waals surface area contributed by atoms with E-state index in [1.165, 1.54) is 0 Å². The second-order valence-corrected chi connectivity index (χ2v) is 6.42. The van der Waals surface area contributed by atoms with Crippen molar-refractivity contribution in [2.45, 2.75) is 13.3 Å². The molecule has 148 valence electrons. The maximum Gasteiger partial charge on any atom is 0.259 e. The SMILES string of the molecule is CCOc1ccccc1C(=O)Nc1ccccc1C(=O)NCCc1ccccc1. The fourth-order valence-corrected chi connectivity index (χ4v) is 2.98. The summed E-state index contributed by atoms with van der Waals surface area (Å²) >= 11 is 0. The number of nitrogens with one attached hydrogen (secondary N) is 2. The third-order valence-electron chi connectivity index (χ3n) is 4.39. The van der Waals surface area contributed by atoms with E-state index in [9.17, 15) is 9.59 Å². The van der Waals surface area contributed by atoms with Crippen LogP contribution in [0, 0.1) is 0 Å². The number of hydrogen-bond acceptors (Lipinski definition) is 3. The molecule has 0 aromatic heterocycles. The van der Waals surface area contributed by atoms with Crippen LogP contribution < -0.4 is 15.4 Å².